The van der Waals surface area contributed by atoms with Gasteiger partial charge >= 0.3 is 6.18 Å². The van der Waals surface area contributed by atoms with Crippen LogP contribution in [0.3, 0.4) is 0 Å². The van der Waals surface area contributed by atoms with Crippen molar-refractivity contribution < 1.29 is 22.6 Å². The fourth-order valence-electron chi connectivity index (χ4n) is 1.69. The van der Waals surface area contributed by atoms with Crippen LogP contribution >= 0.6 is 0 Å². The molecular formula is C12H16F3NO2. The summed E-state index contributed by atoms with van der Waals surface area (Å²) in [6.45, 7) is 0. The minimum atomic E-state index is -4.22. The van der Waals surface area contributed by atoms with Gasteiger partial charge in [-0.05, 0) is 24.7 Å². The maximum atomic E-state index is 12.4. The second-order valence-corrected chi connectivity index (χ2v) is 3.77. The quantitative estimate of drug-likeness (QED) is 0.886. The predicted molar refractivity (Wildman–Crippen MR) is 62.0 cm³/mol. The van der Waals surface area contributed by atoms with Gasteiger partial charge in [0.15, 0.2) is 11.5 Å². The number of hydrogen-bond donors (Lipinski definition) is 1. The van der Waals surface area contributed by atoms with E-state index in [4.69, 9.17) is 9.47 Å². The van der Waals surface area contributed by atoms with Gasteiger partial charge in [-0.1, -0.05) is 6.07 Å². The summed E-state index contributed by atoms with van der Waals surface area (Å²) in [5.74, 6) is 0.903. The molecule has 102 valence electrons. The van der Waals surface area contributed by atoms with Crippen LogP contribution in [-0.4, -0.2) is 27.4 Å². The van der Waals surface area contributed by atoms with Crippen LogP contribution in [0.25, 0.3) is 0 Å². The zero-order valence-corrected chi connectivity index (χ0v) is 10.5. The Bertz CT molecular complexity index is 393. The standard InChI is InChI=1S/C12H16F3NO2/c1-16-9(7-12(13,14)15)8-4-5-10(17-2)11(6-8)18-3/h4-6,9,16H,7H2,1-3H3. The molecule has 0 saturated carbocycles. The molecule has 0 spiro atoms. The van der Waals surface area contributed by atoms with Gasteiger partial charge in [0.25, 0.3) is 0 Å². The fourth-order valence-corrected chi connectivity index (χ4v) is 1.69. The molecule has 0 aliphatic carbocycles. The summed E-state index contributed by atoms with van der Waals surface area (Å²) in [6.07, 6.45) is -5.15. The number of nitrogens with one attached hydrogen (secondary N) is 1. The Hall–Kier alpha value is -1.43. The van der Waals surface area contributed by atoms with Crippen molar-refractivity contribution in [3.8, 4) is 11.5 Å². The van der Waals surface area contributed by atoms with Crippen LogP contribution in [-0.2, 0) is 0 Å². The van der Waals surface area contributed by atoms with Gasteiger partial charge in [0, 0.05) is 6.04 Å². The Balaban J connectivity index is 3.00. The zero-order valence-electron chi connectivity index (χ0n) is 10.5. The van der Waals surface area contributed by atoms with Crippen LogP contribution in [0.5, 0.6) is 11.5 Å². The van der Waals surface area contributed by atoms with E-state index in [-0.39, 0.29) is 0 Å². The van der Waals surface area contributed by atoms with E-state index in [9.17, 15) is 13.2 Å². The Labute approximate surface area is 104 Å². The van der Waals surface area contributed by atoms with Crippen molar-refractivity contribution in [3.05, 3.63) is 23.8 Å². The lowest BCUT2D eigenvalue weighted by atomic mass is 10.0. The Kier molecular flexibility index (Phi) is 4.84. The minimum Gasteiger partial charge on any atom is -0.493 e. The molecule has 0 radical (unpaired) electrons. The van der Waals surface area contributed by atoms with Gasteiger partial charge in [-0.3, -0.25) is 0 Å². The Morgan fingerprint density at radius 2 is 1.78 bits per heavy atom. The molecule has 1 unspecified atom stereocenters. The van der Waals surface area contributed by atoms with Crippen LogP contribution in [0.1, 0.15) is 18.0 Å². The van der Waals surface area contributed by atoms with Gasteiger partial charge in [0.1, 0.15) is 0 Å². The molecule has 0 heterocycles. The highest BCUT2D eigenvalue weighted by Gasteiger charge is 2.32. The van der Waals surface area contributed by atoms with Crippen molar-refractivity contribution in [2.24, 2.45) is 0 Å². The van der Waals surface area contributed by atoms with Gasteiger partial charge in [0.2, 0.25) is 0 Å². The summed E-state index contributed by atoms with van der Waals surface area (Å²) in [5.41, 5.74) is 0.507. The molecule has 1 aromatic rings. The summed E-state index contributed by atoms with van der Waals surface area (Å²) >= 11 is 0. The summed E-state index contributed by atoms with van der Waals surface area (Å²) in [7, 11) is 4.41. The monoisotopic (exact) mass is 263 g/mol. The maximum absolute atomic E-state index is 12.4. The number of benzene rings is 1. The fraction of sp³-hybridized carbons (Fsp3) is 0.500. The highest BCUT2D eigenvalue weighted by molar-refractivity contribution is 5.43. The third-order valence-electron chi connectivity index (χ3n) is 2.59. The van der Waals surface area contributed by atoms with Gasteiger partial charge < -0.3 is 14.8 Å². The van der Waals surface area contributed by atoms with Crippen LogP contribution < -0.4 is 14.8 Å². The minimum absolute atomic E-state index is 0.414. The van der Waals surface area contributed by atoms with Crippen molar-refractivity contribution >= 4 is 0 Å². The molecule has 0 fully saturated rings. The third kappa shape index (κ3) is 3.80. The number of halogens is 3. The molecule has 1 N–H and O–H groups in total. The van der Waals surface area contributed by atoms with Gasteiger partial charge in [0.05, 0.1) is 20.6 Å². The van der Waals surface area contributed by atoms with Gasteiger partial charge in [-0.25, -0.2) is 0 Å². The smallest absolute Gasteiger partial charge is 0.390 e. The number of ether oxygens (including phenoxy) is 2. The molecule has 3 nitrogen and oxygen atoms in total. The van der Waals surface area contributed by atoms with Crippen molar-refractivity contribution in [1.29, 1.82) is 0 Å². The molecule has 6 heteroatoms. The number of alkyl halides is 3. The van der Waals surface area contributed by atoms with Crippen molar-refractivity contribution in [1.82, 2.24) is 5.32 Å². The normalized spacial score (nSPS) is 13.2. The SMILES string of the molecule is CNC(CC(F)(F)F)c1ccc(OC)c(OC)c1. The molecule has 18 heavy (non-hydrogen) atoms. The van der Waals surface area contributed by atoms with E-state index < -0.39 is 18.6 Å². The first kappa shape index (κ1) is 14.6. The summed E-state index contributed by atoms with van der Waals surface area (Å²) in [4.78, 5) is 0. The van der Waals surface area contributed by atoms with Crippen molar-refractivity contribution in [3.63, 3.8) is 0 Å². The molecule has 0 aromatic heterocycles. The largest absolute Gasteiger partial charge is 0.493 e. The summed E-state index contributed by atoms with van der Waals surface area (Å²) in [5, 5.41) is 2.65. The third-order valence-corrected chi connectivity index (χ3v) is 2.59. The number of methoxy groups -OCH3 is 2. The van der Waals surface area contributed by atoms with Crippen LogP contribution in [0.15, 0.2) is 18.2 Å². The van der Waals surface area contributed by atoms with E-state index in [2.05, 4.69) is 5.32 Å². The van der Waals surface area contributed by atoms with E-state index in [1.165, 1.54) is 21.3 Å². The zero-order chi connectivity index (χ0) is 13.8. The van der Waals surface area contributed by atoms with Crippen molar-refractivity contribution in [2.75, 3.05) is 21.3 Å². The second kappa shape index (κ2) is 5.95. The topological polar surface area (TPSA) is 30.5 Å². The molecular weight excluding hydrogens is 247 g/mol. The summed E-state index contributed by atoms with van der Waals surface area (Å²) < 4.78 is 47.3. The first-order valence-electron chi connectivity index (χ1n) is 5.37. The van der Waals surface area contributed by atoms with Crippen LogP contribution in [0, 0.1) is 0 Å². The van der Waals surface area contributed by atoms with E-state index >= 15 is 0 Å². The molecule has 0 bridgehead atoms. The van der Waals surface area contributed by atoms with Gasteiger partial charge in [-0.2, -0.15) is 13.2 Å². The van der Waals surface area contributed by atoms with Crippen LogP contribution in [0.4, 0.5) is 13.2 Å². The highest BCUT2D eigenvalue weighted by atomic mass is 19.4. The molecule has 0 aliphatic rings. The molecule has 1 aromatic carbocycles. The van der Waals surface area contributed by atoms with E-state index in [1.54, 1.807) is 18.2 Å². The maximum Gasteiger partial charge on any atom is 0.390 e. The Morgan fingerprint density at radius 1 is 1.17 bits per heavy atom. The lowest BCUT2D eigenvalue weighted by Gasteiger charge is -2.19. The molecule has 1 rings (SSSR count). The summed E-state index contributed by atoms with van der Waals surface area (Å²) in [6, 6.07) is 3.93. The number of rotatable bonds is 5. The average Bonchev–Trinajstić information content (AvgIpc) is 2.34. The first-order chi connectivity index (χ1) is 8.41. The highest BCUT2D eigenvalue weighted by Crippen LogP contribution is 2.34. The van der Waals surface area contributed by atoms with E-state index in [0.29, 0.717) is 17.1 Å². The Morgan fingerprint density at radius 3 is 2.22 bits per heavy atom. The van der Waals surface area contributed by atoms with Gasteiger partial charge in [-0.15, -0.1) is 0 Å². The molecule has 0 saturated heterocycles. The molecule has 0 aliphatic heterocycles. The lowest BCUT2D eigenvalue weighted by molar-refractivity contribution is -0.140. The molecule has 1 atom stereocenters. The second-order valence-electron chi connectivity index (χ2n) is 3.77. The van der Waals surface area contributed by atoms with E-state index in [1.807, 2.05) is 0 Å². The lowest BCUT2D eigenvalue weighted by Crippen LogP contribution is -2.23. The molecule has 0 amide bonds. The van der Waals surface area contributed by atoms with E-state index in [0.717, 1.165) is 0 Å². The predicted octanol–water partition coefficient (Wildman–Crippen LogP) is 2.92. The van der Waals surface area contributed by atoms with Crippen molar-refractivity contribution in [2.45, 2.75) is 18.6 Å². The first-order valence-corrected chi connectivity index (χ1v) is 5.37. The van der Waals surface area contributed by atoms with Crippen LogP contribution in [0.2, 0.25) is 0 Å². The number of hydrogen-bond acceptors (Lipinski definition) is 3. The average molecular weight is 263 g/mol.